The van der Waals surface area contributed by atoms with Crippen LogP contribution in [0.4, 0.5) is 0 Å². The van der Waals surface area contributed by atoms with E-state index in [4.69, 9.17) is 28.4 Å². The average molecular weight is 399 g/mol. The molecular formula is C21H21NO7. The lowest BCUT2D eigenvalue weighted by atomic mass is 10.1. The van der Waals surface area contributed by atoms with Crippen molar-refractivity contribution in [2.45, 2.75) is 0 Å². The lowest BCUT2D eigenvalue weighted by Gasteiger charge is -2.13. The van der Waals surface area contributed by atoms with Crippen molar-refractivity contribution >= 4 is 17.9 Å². The van der Waals surface area contributed by atoms with Crippen LogP contribution in [0.1, 0.15) is 11.1 Å². The van der Waals surface area contributed by atoms with E-state index in [-0.39, 0.29) is 11.6 Å². The predicted octanol–water partition coefficient (Wildman–Crippen LogP) is 3.07. The Hall–Kier alpha value is -3.68. The Labute approximate surface area is 168 Å². The van der Waals surface area contributed by atoms with Gasteiger partial charge in [0, 0.05) is 17.2 Å². The summed E-state index contributed by atoms with van der Waals surface area (Å²) in [5.41, 5.74) is 1.31. The van der Waals surface area contributed by atoms with Crippen molar-refractivity contribution in [2.24, 2.45) is 4.99 Å². The van der Waals surface area contributed by atoms with Gasteiger partial charge in [-0.05, 0) is 30.3 Å². The molecule has 8 nitrogen and oxygen atoms in total. The molecule has 8 heteroatoms. The first-order valence-electron chi connectivity index (χ1n) is 8.59. The molecule has 0 radical (unpaired) electrons. The van der Waals surface area contributed by atoms with Gasteiger partial charge in [0.25, 0.3) is 0 Å². The molecule has 0 amide bonds. The third kappa shape index (κ3) is 3.96. The Bertz CT molecular complexity index is 970. The Balaban J connectivity index is 2.02. The largest absolute Gasteiger partial charge is 0.497 e. The smallest absolute Gasteiger partial charge is 0.363 e. The van der Waals surface area contributed by atoms with E-state index in [1.165, 1.54) is 28.4 Å². The Morgan fingerprint density at radius 2 is 1.48 bits per heavy atom. The number of ether oxygens (including phenoxy) is 6. The molecule has 29 heavy (non-hydrogen) atoms. The molecule has 0 aromatic heterocycles. The third-order valence-corrected chi connectivity index (χ3v) is 4.27. The molecule has 2 aromatic carbocycles. The first-order valence-corrected chi connectivity index (χ1v) is 8.59. The molecule has 0 aliphatic carbocycles. The fraction of sp³-hybridized carbons (Fsp3) is 0.238. The van der Waals surface area contributed by atoms with Gasteiger partial charge in [0.2, 0.25) is 11.6 Å². The molecule has 0 spiro atoms. The minimum atomic E-state index is -0.577. The van der Waals surface area contributed by atoms with Crippen molar-refractivity contribution in [1.82, 2.24) is 0 Å². The number of hydrogen-bond acceptors (Lipinski definition) is 8. The van der Waals surface area contributed by atoms with Crippen LogP contribution in [0, 0.1) is 0 Å². The minimum absolute atomic E-state index is 0.132. The van der Waals surface area contributed by atoms with Crippen LogP contribution in [0.3, 0.4) is 0 Å². The number of methoxy groups -OCH3 is 5. The second kappa shape index (κ2) is 8.55. The maximum absolute atomic E-state index is 12.4. The molecule has 0 unspecified atom stereocenters. The van der Waals surface area contributed by atoms with Crippen molar-refractivity contribution in [1.29, 1.82) is 0 Å². The van der Waals surface area contributed by atoms with Crippen LogP contribution in [0.15, 0.2) is 41.0 Å². The summed E-state index contributed by atoms with van der Waals surface area (Å²) in [5.74, 6) is 2.02. The maximum atomic E-state index is 12.4. The normalized spacial score (nSPS) is 14.3. The number of carbonyl (C=O) groups is 1. The fourth-order valence-corrected chi connectivity index (χ4v) is 2.82. The second-order valence-corrected chi connectivity index (χ2v) is 5.86. The first kappa shape index (κ1) is 20.1. The van der Waals surface area contributed by atoms with Crippen LogP contribution in [-0.4, -0.2) is 47.4 Å². The molecule has 1 aliphatic rings. The van der Waals surface area contributed by atoms with Crippen LogP contribution < -0.4 is 23.7 Å². The molecule has 0 saturated heterocycles. The van der Waals surface area contributed by atoms with E-state index in [0.29, 0.717) is 39.9 Å². The van der Waals surface area contributed by atoms with Gasteiger partial charge in [-0.15, -0.1) is 0 Å². The number of rotatable bonds is 7. The first-order chi connectivity index (χ1) is 14.0. The van der Waals surface area contributed by atoms with Crippen molar-refractivity contribution in [3.63, 3.8) is 0 Å². The quantitative estimate of drug-likeness (QED) is 0.522. The van der Waals surface area contributed by atoms with Crippen LogP contribution in [-0.2, 0) is 9.53 Å². The minimum Gasteiger partial charge on any atom is -0.497 e. The summed E-state index contributed by atoms with van der Waals surface area (Å²) in [5, 5.41) is 0. The second-order valence-electron chi connectivity index (χ2n) is 5.86. The molecule has 2 aromatic rings. The fourth-order valence-electron chi connectivity index (χ4n) is 2.82. The predicted molar refractivity (Wildman–Crippen MR) is 106 cm³/mol. The highest BCUT2D eigenvalue weighted by Crippen LogP contribution is 2.39. The van der Waals surface area contributed by atoms with Crippen molar-refractivity contribution in [3.8, 4) is 28.7 Å². The Morgan fingerprint density at radius 1 is 0.828 bits per heavy atom. The summed E-state index contributed by atoms with van der Waals surface area (Å²) in [7, 11) is 7.62. The zero-order valence-electron chi connectivity index (χ0n) is 16.8. The van der Waals surface area contributed by atoms with Gasteiger partial charge in [-0.2, -0.15) is 0 Å². The van der Waals surface area contributed by atoms with Gasteiger partial charge in [0.1, 0.15) is 11.5 Å². The zero-order chi connectivity index (χ0) is 21.0. The summed E-state index contributed by atoms with van der Waals surface area (Å²) in [4.78, 5) is 16.7. The van der Waals surface area contributed by atoms with Gasteiger partial charge in [-0.25, -0.2) is 9.79 Å². The zero-order valence-corrected chi connectivity index (χ0v) is 16.8. The van der Waals surface area contributed by atoms with Gasteiger partial charge in [0.15, 0.2) is 17.2 Å². The van der Waals surface area contributed by atoms with Gasteiger partial charge in [-0.3, -0.25) is 0 Å². The summed E-state index contributed by atoms with van der Waals surface area (Å²) >= 11 is 0. The lowest BCUT2D eigenvalue weighted by Crippen LogP contribution is -2.07. The highest BCUT2D eigenvalue weighted by atomic mass is 16.6. The monoisotopic (exact) mass is 399 g/mol. The van der Waals surface area contributed by atoms with E-state index in [0.717, 1.165) is 0 Å². The average Bonchev–Trinajstić information content (AvgIpc) is 3.12. The van der Waals surface area contributed by atoms with E-state index in [1.54, 1.807) is 43.5 Å². The van der Waals surface area contributed by atoms with Crippen LogP contribution in [0.25, 0.3) is 6.08 Å². The lowest BCUT2D eigenvalue weighted by molar-refractivity contribution is -0.129. The van der Waals surface area contributed by atoms with E-state index in [2.05, 4.69) is 4.99 Å². The van der Waals surface area contributed by atoms with Crippen molar-refractivity contribution in [3.05, 3.63) is 47.2 Å². The van der Waals surface area contributed by atoms with Gasteiger partial charge in [-0.1, -0.05) is 0 Å². The number of esters is 1. The molecule has 1 heterocycles. The molecule has 0 atom stereocenters. The van der Waals surface area contributed by atoms with Crippen molar-refractivity contribution in [2.75, 3.05) is 35.5 Å². The molecule has 0 N–H and O–H groups in total. The topological polar surface area (TPSA) is 84.8 Å². The number of carbonyl (C=O) groups excluding carboxylic acids is 1. The van der Waals surface area contributed by atoms with Crippen molar-refractivity contribution < 1.29 is 33.2 Å². The van der Waals surface area contributed by atoms with Crippen LogP contribution >= 0.6 is 0 Å². The molecule has 0 fully saturated rings. The number of hydrogen-bond donors (Lipinski definition) is 0. The Morgan fingerprint density at radius 3 is 2.03 bits per heavy atom. The molecule has 152 valence electrons. The van der Waals surface area contributed by atoms with E-state index >= 15 is 0 Å². The summed E-state index contributed by atoms with van der Waals surface area (Å²) in [6, 6.07) is 8.56. The van der Waals surface area contributed by atoms with Crippen LogP contribution in [0.2, 0.25) is 0 Å². The standard InChI is InChI=1S/C21H21NO7/c1-24-14-7-6-12(16(11-14)25-2)8-15-21(23)29-20(22-15)13-9-17(26-3)19(28-5)18(10-13)27-4/h6-11H,1-5H3/b15-8+. The molecule has 3 rings (SSSR count). The maximum Gasteiger partial charge on any atom is 0.363 e. The number of benzene rings is 2. The highest BCUT2D eigenvalue weighted by molar-refractivity contribution is 6.13. The van der Waals surface area contributed by atoms with Gasteiger partial charge < -0.3 is 28.4 Å². The summed E-state index contributed by atoms with van der Waals surface area (Å²) in [6.45, 7) is 0. The molecule has 0 saturated carbocycles. The summed E-state index contributed by atoms with van der Waals surface area (Å²) in [6.07, 6.45) is 1.59. The number of aliphatic imine (C=N–C) groups is 1. The number of cyclic esters (lactones) is 1. The van der Waals surface area contributed by atoms with Crippen LogP contribution in [0.5, 0.6) is 28.7 Å². The van der Waals surface area contributed by atoms with E-state index in [9.17, 15) is 4.79 Å². The third-order valence-electron chi connectivity index (χ3n) is 4.27. The van der Waals surface area contributed by atoms with E-state index in [1.807, 2.05) is 0 Å². The molecule has 1 aliphatic heterocycles. The molecule has 0 bridgehead atoms. The van der Waals surface area contributed by atoms with Gasteiger partial charge >= 0.3 is 5.97 Å². The number of nitrogens with zero attached hydrogens (tertiary/aromatic N) is 1. The summed E-state index contributed by atoms with van der Waals surface area (Å²) < 4.78 is 31.9. The Kier molecular flexibility index (Phi) is 5.92. The highest BCUT2D eigenvalue weighted by Gasteiger charge is 2.27. The van der Waals surface area contributed by atoms with E-state index < -0.39 is 5.97 Å². The SMILES string of the molecule is COc1ccc(/C=C2/N=C(c3cc(OC)c(OC)c(OC)c3)OC2=O)c(OC)c1. The van der Waals surface area contributed by atoms with Gasteiger partial charge in [0.05, 0.1) is 35.5 Å². The molecular weight excluding hydrogens is 378 g/mol.